The van der Waals surface area contributed by atoms with E-state index < -0.39 is 5.92 Å². The van der Waals surface area contributed by atoms with Crippen molar-refractivity contribution >= 4 is 34.7 Å². The van der Waals surface area contributed by atoms with Crippen LogP contribution in [0.15, 0.2) is 41.2 Å². The third kappa shape index (κ3) is 2.38. The van der Waals surface area contributed by atoms with Gasteiger partial charge in [-0.15, -0.1) is 0 Å². The first-order chi connectivity index (χ1) is 9.08. The Hall–Kier alpha value is -2.12. The van der Waals surface area contributed by atoms with Crippen LogP contribution in [0.4, 0.5) is 0 Å². The minimum atomic E-state index is -0.478. The molecule has 0 amide bonds. The molecule has 19 heavy (non-hydrogen) atoms. The lowest BCUT2D eigenvalue weighted by atomic mass is 9.83. The van der Waals surface area contributed by atoms with Crippen molar-refractivity contribution in [3.8, 4) is 6.07 Å². The van der Waals surface area contributed by atoms with Crippen molar-refractivity contribution in [3.05, 3.63) is 51.8 Å². The van der Waals surface area contributed by atoms with E-state index in [1.807, 2.05) is 0 Å². The van der Waals surface area contributed by atoms with Crippen molar-refractivity contribution in [3.63, 3.8) is 0 Å². The summed E-state index contributed by atoms with van der Waals surface area (Å²) in [5.74, 6) is 2.03. The molecular weight excluding hydrogens is 280 g/mol. The van der Waals surface area contributed by atoms with E-state index in [9.17, 15) is 5.26 Å². The van der Waals surface area contributed by atoms with Gasteiger partial charge in [-0.1, -0.05) is 36.0 Å². The van der Waals surface area contributed by atoms with Crippen LogP contribution in [0, 0.1) is 16.7 Å². The van der Waals surface area contributed by atoms with Gasteiger partial charge >= 0.3 is 0 Å². The van der Waals surface area contributed by atoms with Gasteiger partial charge < -0.3 is 11.1 Å². The Morgan fingerprint density at radius 2 is 2.00 bits per heavy atom. The summed E-state index contributed by atoms with van der Waals surface area (Å²) in [6, 6.07) is 9.05. The lowest BCUT2D eigenvalue weighted by molar-refractivity contribution is 0.896. The summed E-state index contributed by atoms with van der Waals surface area (Å²) < 4.78 is 0. The van der Waals surface area contributed by atoms with Crippen LogP contribution < -0.4 is 11.1 Å². The van der Waals surface area contributed by atoms with E-state index in [2.05, 4.69) is 17.3 Å². The van der Waals surface area contributed by atoms with Crippen LogP contribution in [-0.2, 0) is 0 Å². The summed E-state index contributed by atoms with van der Waals surface area (Å²) in [5.41, 5.74) is 7.32. The molecule has 0 radical (unpaired) electrons. The van der Waals surface area contributed by atoms with Crippen molar-refractivity contribution in [2.75, 3.05) is 0 Å². The number of thiocarbonyl (C=S) groups is 1. The SMILES string of the molecule is N#CC1=C(N)NC(=S)C(=C=N)C1c1ccc(Cl)cc1. The Morgan fingerprint density at radius 3 is 2.53 bits per heavy atom. The molecule has 0 spiro atoms. The van der Waals surface area contributed by atoms with Crippen molar-refractivity contribution < 1.29 is 0 Å². The number of hydrogen-bond acceptors (Lipinski definition) is 4. The topological polar surface area (TPSA) is 85.7 Å². The molecule has 94 valence electrons. The van der Waals surface area contributed by atoms with Crippen molar-refractivity contribution in [2.24, 2.45) is 5.73 Å². The minimum Gasteiger partial charge on any atom is -0.384 e. The Balaban J connectivity index is 2.64. The third-order valence-corrected chi connectivity index (χ3v) is 3.39. The average Bonchev–Trinajstić information content (AvgIpc) is 2.39. The van der Waals surface area contributed by atoms with Gasteiger partial charge in [0, 0.05) is 5.02 Å². The maximum Gasteiger partial charge on any atom is 0.118 e. The molecule has 2 rings (SSSR count). The van der Waals surface area contributed by atoms with Gasteiger partial charge in [0.1, 0.15) is 10.8 Å². The average molecular weight is 289 g/mol. The zero-order valence-electron chi connectivity index (χ0n) is 9.70. The number of nitrogens with two attached hydrogens (primary N) is 1. The van der Waals surface area contributed by atoms with E-state index in [1.165, 1.54) is 0 Å². The zero-order valence-corrected chi connectivity index (χ0v) is 11.3. The first kappa shape index (κ1) is 13.3. The molecule has 1 aromatic rings. The second-order valence-electron chi connectivity index (χ2n) is 3.92. The van der Waals surface area contributed by atoms with Gasteiger partial charge in [0.05, 0.1) is 23.1 Å². The van der Waals surface area contributed by atoms with Crippen LogP contribution in [0.5, 0.6) is 0 Å². The lowest BCUT2D eigenvalue weighted by Crippen LogP contribution is -2.37. The molecule has 1 aliphatic rings. The van der Waals surface area contributed by atoms with Crippen molar-refractivity contribution in [1.82, 2.24) is 5.32 Å². The van der Waals surface area contributed by atoms with Crippen LogP contribution >= 0.6 is 23.8 Å². The highest BCUT2D eigenvalue weighted by molar-refractivity contribution is 7.80. The van der Waals surface area contributed by atoms with Gasteiger partial charge in [-0.25, -0.2) is 0 Å². The minimum absolute atomic E-state index is 0.214. The van der Waals surface area contributed by atoms with E-state index in [-0.39, 0.29) is 5.82 Å². The number of nitriles is 1. The number of halogens is 1. The molecule has 0 aliphatic carbocycles. The Kier molecular flexibility index (Phi) is 3.68. The van der Waals surface area contributed by atoms with E-state index in [0.29, 0.717) is 21.2 Å². The van der Waals surface area contributed by atoms with Gasteiger partial charge in [-0.2, -0.15) is 5.26 Å². The lowest BCUT2D eigenvalue weighted by Gasteiger charge is -2.26. The Morgan fingerprint density at radius 1 is 1.37 bits per heavy atom. The van der Waals surface area contributed by atoms with Crippen LogP contribution in [0.2, 0.25) is 5.02 Å². The number of allylic oxidation sites excluding steroid dienone is 1. The second-order valence-corrected chi connectivity index (χ2v) is 4.76. The highest BCUT2D eigenvalue weighted by Gasteiger charge is 2.31. The van der Waals surface area contributed by atoms with E-state index in [0.717, 1.165) is 5.56 Å². The maximum atomic E-state index is 9.25. The number of nitrogens with zero attached hydrogens (tertiary/aromatic N) is 1. The summed E-state index contributed by atoms with van der Waals surface area (Å²) in [7, 11) is 0. The van der Waals surface area contributed by atoms with E-state index in [4.69, 9.17) is 35.0 Å². The smallest absolute Gasteiger partial charge is 0.118 e. The zero-order chi connectivity index (χ0) is 14.0. The molecule has 0 aromatic heterocycles. The van der Waals surface area contributed by atoms with E-state index >= 15 is 0 Å². The van der Waals surface area contributed by atoms with Crippen LogP contribution in [0.25, 0.3) is 0 Å². The summed E-state index contributed by atoms with van der Waals surface area (Å²) in [4.78, 5) is 0.312. The monoisotopic (exact) mass is 288 g/mol. The normalized spacial score (nSPS) is 18.6. The molecule has 1 unspecified atom stereocenters. The molecule has 1 atom stereocenters. The first-order valence-electron chi connectivity index (χ1n) is 5.34. The summed E-state index contributed by atoms with van der Waals surface area (Å²) in [5, 5.41) is 19.9. The van der Waals surface area contributed by atoms with Gasteiger partial charge in [0.25, 0.3) is 0 Å². The largest absolute Gasteiger partial charge is 0.384 e. The van der Waals surface area contributed by atoms with E-state index in [1.54, 1.807) is 24.3 Å². The summed E-state index contributed by atoms with van der Waals surface area (Å²) >= 11 is 11.0. The highest BCUT2D eigenvalue weighted by atomic mass is 35.5. The fourth-order valence-corrected chi connectivity index (χ4v) is 2.34. The molecular formula is C13H9ClN4S. The number of rotatable bonds is 1. The Bertz CT molecular complexity index is 663. The van der Waals surface area contributed by atoms with Gasteiger partial charge in [0.2, 0.25) is 0 Å². The fraction of sp³-hybridized carbons (Fsp3) is 0.0769. The van der Waals surface area contributed by atoms with Gasteiger partial charge in [-0.3, -0.25) is 5.41 Å². The quantitative estimate of drug-likeness (QED) is 0.420. The summed E-state index contributed by atoms with van der Waals surface area (Å²) in [6.07, 6.45) is 0. The summed E-state index contributed by atoms with van der Waals surface area (Å²) in [6.45, 7) is 0. The number of benzene rings is 1. The fourth-order valence-electron chi connectivity index (χ4n) is 1.93. The van der Waals surface area contributed by atoms with Crippen molar-refractivity contribution in [2.45, 2.75) is 5.92 Å². The predicted octanol–water partition coefficient (Wildman–Crippen LogP) is 2.22. The molecule has 1 heterocycles. The van der Waals surface area contributed by atoms with Crippen LogP contribution in [-0.4, -0.2) is 10.9 Å². The van der Waals surface area contributed by atoms with Gasteiger partial charge in [-0.05, 0) is 23.6 Å². The predicted molar refractivity (Wildman–Crippen MR) is 78.0 cm³/mol. The number of nitrogens with one attached hydrogen (secondary N) is 2. The van der Waals surface area contributed by atoms with Crippen LogP contribution in [0.1, 0.15) is 11.5 Å². The molecule has 0 fully saturated rings. The first-order valence-corrected chi connectivity index (χ1v) is 6.13. The van der Waals surface area contributed by atoms with Crippen molar-refractivity contribution in [1.29, 1.82) is 10.7 Å². The number of hydrogen-bond donors (Lipinski definition) is 3. The molecule has 1 aromatic carbocycles. The molecule has 0 saturated heterocycles. The molecule has 0 bridgehead atoms. The Labute approximate surface area is 120 Å². The molecule has 4 N–H and O–H groups in total. The third-order valence-electron chi connectivity index (χ3n) is 2.82. The molecule has 4 nitrogen and oxygen atoms in total. The van der Waals surface area contributed by atoms with Gasteiger partial charge in [0.15, 0.2) is 0 Å². The second kappa shape index (κ2) is 5.25. The maximum absolute atomic E-state index is 9.25. The molecule has 6 heteroatoms. The molecule has 0 saturated carbocycles. The highest BCUT2D eigenvalue weighted by Crippen LogP contribution is 2.34. The standard InChI is InChI=1S/C13H9ClN4S/c14-8-3-1-7(2-4-8)11-9(5-15)12(17)18-13(19)10(11)6-16/h1-4,11,16H,17H2,(H,18,19). The molecule has 1 aliphatic heterocycles. The van der Waals surface area contributed by atoms with Crippen LogP contribution in [0.3, 0.4) is 0 Å².